The lowest BCUT2D eigenvalue weighted by atomic mass is 10.1. The number of hydrogen-bond donors (Lipinski definition) is 0. The van der Waals surface area contributed by atoms with Gasteiger partial charge in [-0.3, -0.25) is 15.0 Å². The van der Waals surface area contributed by atoms with Crippen molar-refractivity contribution in [2.45, 2.75) is 6.10 Å². The molecule has 0 aliphatic carbocycles. The summed E-state index contributed by atoms with van der Waals surface area (Å²) in [5, 5.41) is 11.4. The van der Waals surface area contributed by atoms with E-state index in [1.54, 1.807) is 30.3 Å². The maximum atomic E-state index is 11.9. The molecule has 0 saturated carbocycles. The second-order valence-corrected chi connectivity index (χ2v) is 7.56. The fourth-order valence-corrected chi connectivity index (χ4v) is 3.77. The van der Waals surface area contributed by atoms with E-state index in [1.165, 1.54) is 33.5 Å². The highest BCUT2D eigenvalue weighted by Crippen LogP contribution is 2.33. The van der Waals surface area contributed by atoms with E-state index in [1.807, 2.05) is 4.90 Å². The quantitative estimate of drug-likeness (QED) is 0.216. The Kier molecular flexibility index (Phi) is 10.6. The van der Waals surface area contributed by atoms with E-state index in [0.29, 0.717) is 44.0 Å². The van der Waals surface area contributed by atoms with Crippen LogP contribution in [0.15, 0.2) is 42.5 Å². The minimum Gasteiger partial charge on any atom is -0.493 e. The Morgan fingerprint density at radius 1 is 0.972 bits per heavy atom. The topological polar surface area (TPSA) is 130 Å². The van der Waals surface area contributed by atoms with Gasteiger partial charge in [-0.1, -0.05) is 18.2 Å². The van der Waals surface area contributed by atoms with Gasteiger partial charge in [-0.15, -0.1) is 12.4 Å². The zero-order valence-corrected chi connectivity index (χ0v) is 20.9. The largest absolute Gasteiger partial charge is 0.513 e. The predicted molar refractivity (Wildman–Crippen MR) is 131 cm³/mol. The van der Waals surface area contributed by atoms with Crippen molar-refractivity contribution in [3.05, 3.63) is 58.1 Å². The van der Waals surface area contributed by atoms with Crippen molar-refractivity contribution in [1.29, 1.82) is 0 Å². The number of methoxy groups -OCH3 is 3. The number of nitro groups is 1. The van der Waals surface area contributed by atoms with Crippen LogP contribution in [0.3, 0.4) is 0 Å². The van der Waals surface area contributed by atoms with Gasteiger partial charge in [-0.2, -0.15) is 0 Å². The Balaban J connectivity index is 0.00000456. The lowest BCUT2D eigenvalue weighted by Gasteiger charge is -2.37. The number of hydrogen-bond acceptors (Lipinski definition) is 11. The van der Waals surface area contributed by atoms with Gasteiger partial charge in [0, 0.05) is 38.8 Å². The Morgan fingerprint density at radius 3 is 2.25 bits per heavy atom. The van der Waals surface area contributed by atoms with Crippen LogP contribution < -0.4 is 14.4 Å². The van der Waals surface area contributed by atoms with Gasteiger partial charge in [0.25, 0.3) is 5.69 Å². The maximum absolute atomic E-state index is 11.9. The first-order chi connectivity index (χ1) is 16.9. The number of halogens is 1. The summed E-state index contributed by atoms with van der Waals surface area (Å²) in [5.74, 6) is 0.408. The molecule has 1 atom stereocenters. The number of carbonyl (C=O) groups excluding carboxylic acids is 2. The molecule has 13 heteroatoms. The summed E-state index contributed by atoms with van der Waals surface area (Å²) >= 11 is 0. The summed E-state index contributed by atoms with van der Waals surface area (Å²) < 4.78 is 25.1. The molecular weight excluding hydrogens is 498 g/mol. The summed E-state index contributed by atoms with van der Waals surface area (Å²) in [4.78, 5) is 38.4. The molecule has 1 unspecified atom stereocenters. The number of nitrogens with zero attached hydrogens (tertiary/aromatic N) is 3. The van der Waals surface area contributed by atoms with Crippen LogP contribution in [-0.2, 0) is 14.2 Å². The molecule has 0 radical (unpaired) electrons. The number of rotatable bonds is 8. The molecule has 2 aromatic rings. The van der Waals surface area contributed by atoms with Crippen LogP contribution in [0.25, 0.3) is 0 Å². The fraction of sp³-hybridized carbons (Fsp3) is 0.391. The third-order valence-corrected chi connectivity index (χ3v) is 5.54. The molecule has 0 bridgehead atoms. The molecule has 1 aliphatic heterocycles. The molecule has 1 saturated heterocycles. The zero-order chi connectivity index (χ0) is 25.4. The minimum absolute atomic E-state index is 0. The molecule has 0 spiro atoms. The molecule has 0 N–H and O–H groups in total. The number of benzene rings is 2. The van der Waals surface area contributed by atoms with E-state index < -0.39 is 18.4 Å². The van der Waals surface area contributed by atoms with Crippen LogP contribution in [0.2, 0.25) is 0 Å². The van der Waals surface area contributed by atoms with Crippen LogP contribution in [-0.4, -0.2) is 76.2 Å². The van der Waals surface area contributed by atoms with Gasteiger partial charge in [0.15, 0.2) is 11.5 Å². The minimum atomic E-state index is -0.894. The second kappa shape index (κ2) is 13.4. The summed E-state index contributed by atoms with van der Waals surface area (Å²) in [5.41, 5.74) is 1.24. The van der Waals surface area contributed by atoms with Crippen molar-refractivity contribution >= 4 is 36.1 Å². The van der Waals surface area contributed by atoms with Gasteiger partial charge < -0.3 is 28.6 Å². The maximum Gasteiger partial charge on any atom is 0.513 e. The normalized spacial score (nSPS) is 14.1. The number of carbonyl (C=O) groups is 2. The lowest BCUT2D eigenvalue weighted by molar-refractivity contribution is -0.384. The van der Waals surface area contributed by atoms with Crippen molar-refractivity contribution in [3.8, 4) is 11.5 Å². The van der Waals surface area contributed by atoms with E-state index in [-0.39, 0.29) is 34.5 Å². The highest BCUT2D eigenvalue weighted by atomic mass is 35.5. The third-order valence-electron chi connectivity index (χ3n) is 5.54. The van der Waals surface area contributed by atoms with Crippen molar-refractivity contribution in [2.24, 2.45) is 0 Å². The van der Waals surface area contributed by atoms with E-state index in [0.717, 1.165) is 0 Å². The molecule has 196 valence electrons. The number of ether oxygens (including phenoxy) is 5. The Morgan fingerprint density at radius 2 is 1.64 bits per heavy atom. The number of piperazine rings is 1. The Hall–Kier alpha value is -3.77. The van der Waals surface area contributed by atoms with Crippen molar-refractivity contribution in [3.63, 3.8) is 0 Å². The van der Waals surface area contributed by atoms with Crippen LogP contribution in [0.1, 0.15) is 11.7 Å². The smallest absolute Gasteiger partial charge is 0.493 e. The molecule has 1 heterocycles. The molecule has 0 amide bonds. The third kappa shape index (κ3) is 7.12. The standard InChI is InChI=1S/C23H27N3O9.ClH/c1-31-20-14-16(8-9-19(20)34-22(27)32-2)21(35-23(28)33-3)15-24-10-12-25(13-11-24)17-6-4-5-7-18(17)26(29)30;/h4-9,14,21H,10-13,15H2,1-3H3;1H. The second-order valence-electron chi connectivity index (χ2n) is 7.56. The van der Waals surface area contributed by atoms with Gasteiger partial charge in [0.2, 0.25) is 0 Å². The molecule has 2 aromatic carbocycles. The zero-order valence-electron chi connectivity index (χ0n) is 20.1. The average Bonchev–Trinajstić information content (AvgIpc) is 2.88. The molecule has 3 rings (SSSR count). The first-order valence-corrected chi connectivity index (χ1v) is 10.7. The molecule has 1 aliphatic rings. The molecule has 1 fully saturated rings. The summed E-state index contributed by atoms with van der Waals surface area (Å²) in [6.07, 6.45) is -2.45. The first kappa shape index (κ1) is 28.5. The van der Waals surface area contributed by atoms with Crippen molar-refractivity contribution in [2.75, 3.05) is 59.0 Å². The van der Waals surface area contributed by atoms with Crippen molar-refractivity contribution < 1.29 is 38.2 Å². The molecule has 0 aromatic heterocycles. The summed E-state index contributed by atoms with van der Waals surface area (Å²) in [6, 6.07) is 11.4. The summed E-state index contributed by atoms with van der Waals surface area (Å²) in [6.45, 7) is 2.65. The number of para-hydroxylation sites is 2. The van der Waals surface area contributed by atoms with E-state index in [2.05, 4.69) is 14.4 Å². The fourth-order valence-electron chi connectivity index (χ4n) is 3.77. The van der Waals surface area contributed by atoms with Crippen molar-refractivity contribution in [1.82, 2.24) is 4.90 Å². The SMILES string of the molecule is COC(=O)Oc1ccc(C(CN2CCN(c3ccccc3[N+](=O)[O-])CC2)OC(=O)OC)cc1OC.Cl. The average molecular weight is 526 g/mol. The van der Waals surface area contributed by atoms with Gasteiger partial charge in [0.05, 0.1) is 26.3 Å². The van der Waals surface area contributed by atoms with Crippen LogP contribution in [0, 0.1) is 10.1 Å². The van der Waals surface area contributed by atoms with Gasteiger partial charge in [-0.25, -0.2) is 9.59 Å². The van der Waals surface area contributed by atoms with E-state index >= 15 is 0 Å². The Labute approximate surface area is 214 Å². The number of anilines is 1. The highest BCUT2D eigenvalue weighted by molar-refractivity contribution is 5.85. The monoisotopic (exact) mass is 525 g/mol. The van der Waals surface area contributed by atoms with E-state index in [4.69, 9.17) is 14.2 Å². The number of nitro benzene ring substituents is 1. The van der Waals surface area contributed by atoms with Crippen LogP contribution >= 0.6 is 12.4 Å². The summed E-state index contributed by atoms with van der Waals surface area (Å²) in [7, 11) is 3.83. The van der Waals surface area contributed by atoms with Gasteiger partial charge in [0.1, 0.15) is 11.8 Å². The van der Waals surface area contributed by atoms with Crippen LogP contribution in [0.5, 0.6) is 11.5 Å². The van der Waals surface area contributed by atoms with Crippen LogP contribution in [0.4, 0.5) is 21.0 Å². The van der Waals surface area contributed by atoms with Gasteiger partial charge >= 0.3 is 12.3 Å². The lowest BCUT2D eigenvalue weighted by Crippen LogP contribution is -2.48. The predicted octanol–water partition coefficient (Wildman–Crippen LogP) is 3.82. The molecular formula is C23H28ClN3O9. The Bertz CT molecular complexity index is 1060. The van der Waals surface area contributed by atoms with E-state index in [9.17, 15) is 19.7 Å². The molecule has 36 heavy (non-hydrogen) atoms. The van der Waals surface area contributed by atoms with Gasteiger partial charge in [-0.05, 0) is 23.8 Å². The molecule has 12 nitrogen and oxygen atoms in total. The highest BCUT2D eigenvalue weighted by Gasteiger charge is 2.27. The first-order valence-electron chi connectivity index (χ1n) is 10.7.